The highest BCUT2D eigenvalue weighted by atomic mass is 28.4. The summed E-state index contributed by atoms with van der Waals surface area (Å²) in [4.78, 5) is 4.42. The Labute approximate surface area is 89.3 Å². The van der Waals surface area contributed by atoms with E-state index in [-0.39, 0.29) is 6.17 Å². The third-order valence-electron chi connectivity index (χ3n) is 2.30. The molecule has 1 unspecified atom stereocenters. The summed E-state index contributed by atoms with van der Waals surface area (Å²) in [5, 5.41) is 0. The van der Waals surface area contributed by atoms with Crippen molar-refractivity contribution in [2.75, 3.05) is 6.61 Å². The van der Waals surface area contributed by atoms with Crippen LogP contribution in [0, 0.1) is 0 Å². The van der Waals surface area contributed by atoms with Crippen molar-refractivity contribution in [3.63, 3.8) is 0 Å². The second-order valence-corrected chi connectivity index (χ2v) is 15.9. The van der Waals surface area contributed by atoms with Gasteiger partial charge in [0.1, 0.15) is 29.2 Å². The maximum Gasteiger partial charge on any atom is 0.171 e. The van der Waals surface area contributed by atoms with Gasteiger partial charge in [0.2, 0.25) is 0 Å². The van der Waals surface area contributed by atoms with Crippen LogP contribution in [0.5, 0.6) is 0 Å². The van der Waals surface area contributed by atoms with Crippen LogP contribution in [0.3, 0.4) is 0 Å². The predicted octanol–water partition coefficient (Wildman–Crippen LogP) is 2.34. The van der Waals surface area contributed by atoms with E-state index < -0.39 is 16.5 Å². The fraction of sp³-hybridized carbons (Fsp3) is 0.889. The van der Waals surface area contributed by atoms with Gasteiger partial charge in [0.15, 0.2) is 6.40 Å². The van der Waals surface area contributed by atoms with Gasteiger partial charge in [-0.2, -0.15) is 0 Å². The third kappa shape index (κ3) is 2.68. The van der Waals surface area contributed by atoms with E-state index in [0.717, 1.165) is 6.61 Å². The first-order valence-corrected chi connectivity index (χ1v) is 12.0. The van der Waals surface area contributed by atoms with Crippen molar-refractivity contribution in [1.82, 2.24) is 4.23 Å². The molecular formula is C9H22N2OSi2. The normalized spacial score (nSPS) is 22.9. The molecule has 0 aromatic carbocycles. The molecule has 1 rings (SSSR count). The molecule has 0 fully saturated rings. The molecule has 82 valence electrons. The van der Waals surface area contributed by atoms with Crippen LogP contribution in [0.2, 0.25) is 39.3 Å². The van der Waals surface area contributed by atoms with Crippen LogP contribution in [0.1, 0.15) is 0 Å². The van der Waals surface area contributed by atoms with Crippen LogP contribution in [0.4, 0.5) is 0 Å². The number of aliphatic imine (C=N–C) groups is 1. The van der Waals surface area contributed by atoms with Crippen molar-refractivity contribution in [1.29, 1.82) is 0 Å². The van der Waals surface area contributed by atoms with Crippen molar-refractivity contribution in [3.05, 3.63) is 0 Å². The monoisotopic (exact) mass is 230 g/mol. The SMILES string of the molecule is C[Si](C)(C)N(C1COC=N1)[Si](C)(C)C. The molecule has 1 atom stereocenters. The second-order valence-electron chi connectivity index (χ2n) is 5.78. The highest BCUT2D eigenvalue weighted by Crippen LogP contribution is 2.24. The van der Waals surface area contributed by atoms with Gasteiger partial charge in [0.25, 0.3) is 0 Å². The summed E-state index contributed by atoms with van der Waals surface area (Å²) in [6.07, 6.45) is 1.89. The molecule has 14 heavy (non-hydrogen) atoms. The van der Waals surface area contributed by atoms with E-state index in [9.17, 15) is 0 Å². The molecule has 0 aromatic heterocycles. The quantitative estimate of drug-likeness (QED) is 0.695. The van der Waals surface area contributed by atoms with E-state index in [4.69, 9.17) is 4.74 Å². The number of hydrogen-bond acceptors (Lipinski definition) is 3. The smallest absolute Gasteiger partial charge is 0.171 e. The molecule has 0 aromatic rings. The third-order valence-corrected chi connectivity index (χ3v) is 9.81. The first-order chi connectivity index (χ1) is 6.23. The van der Waals surface area contributed by atoms with Crippen molar-refractivity contribution >= 4 is 22.9 Å². The van der Waals surface area contributed by atoms with Crippen LogP contribution in [0.25, 0.3) is 0 Å². The van der Waals surface area contributed by atoms with E-state index in [1.807, 2.05) is 0 Å². The summed E-state index contributed by atoms with van der Waals surface area (Å²) in [5.41, 5.74) is 0. The van der Waals surface area contributed by atoms with Crippen molar-refractivity contribution < 1.29 is 4.74 Å². The molecule has 1 aliphatic rings. The maximum absolute atomic E-state index is 5.24. The van der Waals surface area contributed by atoms with Gasteiger partial charge >= 0.3 is 0 Å². The molecule has 1 heterocycles. The summed E-state index contributed by atoms with van der Waals surface area (Å²) in [6, 6.07) is 0. The van der Waals surface area contributed by atoms with Gasteiger partial charge in [-0.3, -0.25) is 0 Å². The molecule has 0 spiro atoms. The number of ether oxygens (including phenoxy) is 1. The average molecular weight is 230 g/mol. The number of rotatable bonds is 3. The highest BCUT2D eigenvalue weighted by molar-refractivity contribution is 6.89. The topological polar surface area (TPSA) is 24.8 Å². The molecule has 0 saturated carbocycles. The molecule has 0 radical (unpaired) electrons. The summed E-state index contributed by atoms with van der Waals surface area (Å²) in [6.45, 7) is 15.1. The zero-order valence-corrected chi connectivity index (χ0v) is 12.2. The van der Waals surface area contributed by atoms with Crippen molar-refractivity contribution in [2.45, 2.75) is 45.4 Å². The van der Waals surface area contributed by atoms with Crippen LogP contribution in [-0.4, -0.2) is 39.9 Å². The second kappa shape index (κ2) is 3.79. The fourth-order valence-electron chi connectivity index (χ4n) is 2.33. The van der Waals surface area contributed by atoms with Crippen molar-refractivity contribution in [2.24, 2.45) is 4.99 Å². The Bertz CT molecular complexity index is 216. The Balaban J connectivity index is 2.88. The molecule has 5 heteroatoms. The Morgan fingerprint density at radius 3 is 1.93 bits per heavy atom. The van der Waals surface area contributed by atoms with Crippen LogP contribution in [-0.2, 0) is 4.74 Å². The van der Waals surface area contributed by atoms with E-state index in [0.29, 0.717) is 0 Å². The van der Waals surface area contributed by atoms with Crippen molar-refractivity contribution in [3.8, 4) is 0 Å². The van der Waals surface area contributed by atoms with Gasteiger partial charge in [0, 0.05) is 0 Å². The van der Waals surface area contributed by atoms with Gasteiger partial charge in [-0.25, -0.2) is 4.99 Å². The lowest BCUT2D eigenvalue weighted by Crippen LogP contribution is -2.63. The van der Waals surface area contributed by atoms with Gasteiger partial charge in [-0.05, 0) is 0 Å². The minimum absolute atomic E-state index is 0.285. The molecule has 0 N–H and O–H groups in total. The summed E-state index contributed by atoms with van der Waals surface area (Å²) < 4.78 is 7.91. The highest BCUT2D eigenvalue weighted by Gasteiger charge is 2.40. The average Bonchev–Trinajstić information content (AvgIpc) is 2.31. The van der Waals surface area contributed by atoms with Gasteiger partial charge in [-0.1, -0.05) is 39.3 Å². The summed E-state index contributed by atoms with van der Waals surface area (Å²) >= 11 is 0. The minimum Gasteiger partial charge on any atom is -0.480 e. The van der Waals surface area contributed by atoms with Gasteiger partial charge in [0.05, 0.1) is 0 Å². The maximum atomic E-state index is 5.24. The minimum atomic E-state index is -1.29. The number of nitrogens with zero attached hydrogens (tertiary/aromatic N) is 2. The molecular weight excluding hydrogens is 208 g/mol. The van der Waals surface area contributed by atoms with E-state index in [1.165, 1.54) is 0 Å². The molecule has 3 nitrogen and oxygen atoms in total. The molecule has 0 bridgehead atoms. The molecule has 0 saturated heterocycles. The Morgan fingerprint density at radius 1 is 1.14 bits per heavy atom. The fourth-order valence-corrected chi connectivity index (χ4v) is 12.4. The first-order valence-electron chi connectivity index (χ1n) is 5.15. The van der Waals surface area contributed by atoms with Gasteiger partial charge in [-0.15, -0.1) is 0 Å². The molecule has 0 aliphatic carbocycles. The Kier molecular flexibility index (Phi) is 3.23. The summed E-state index contributed by atoms with van der Waals surface area (Å²) in [7, 11) is -2.57. The zero-order valence-electron chi connectivity index (χ0n) is 10.2. The lowest BCUT2D eigenvalue weighted by molar-refractivity contribution is 0.284. The van der Waals surface area contributed by atoms with E-state index in [1.54, 1.807) is 6.40 Å². The van der Waals surface area contributed by atoms with E-state index >= 15 is 0 Å². The summed E-state index contributed by atoms with van der Waals surface area (Å²) in [5.74, 6) is 0. The first kappa shape index (κ1) is 11.9. The predicted molar refractivity (Wildman–Crippen MR) is 66.8 cm³/mol. The van der Waals surface area contributed by atoms with Gasteiger partial charge < -0.3 is 8.97 Å². The Hall–Kier alpha value is -0.136. The van der Waals surface area contributed by atoms with Crippen LogP contribution >= 0.6 is 0 Å². The lowest BCUT2D eigenvalue weighted by Gasteiger charge is -2.45. The zero-order chi connectivity index (χ0) is 11.0. The number of hydrogen-bond donors (Lipinski definition) is 0. The van der Waals surface area contributed by atoms with Crippen LogP contribution in [0.15, 0.2) is 4.99 Å². The Morgan fingerprint density at radius 2 is 1.64 bits per heavy atom. The molecule has 1 aliphatic heterocycles. The van der Waals surface area contributed by atoms with Crippen LogP contribution < -0.4 is 0 Å². The molecule has 0 amide bonds. The lowest BCUT2D eigenvalue weighted by atomic mass is 10.6. The van der Waals surface area contributed by atoms with E-state index in [2.05, 4.69) is 48.5 Å². The largest absolute Gasteiger partial charge is 0.480 e. The standard InChI is InChI=1S/C9H22N2OSi2/c1-13(2,3)11(14(4,5)6)9-7-12-8-10-9/h8-9H,7H2,1-6H3.